The molecule has 4 nitrogen and oxygen atoms in total. The predicted molar refractivity (Wildman–Crippen MR) is 53.9 cm³/mol. The molecule has 0 atom stereocenters. The molecule has 0 saturated carbocycles. The Morgan fingerprint density at radius 1 is 1.43 bits per heavy atom. The molecule has 0 bridgehead atoms. The molecule has 4 heteroatoms. The zero-order valence-corrected chi connectivity index (χ0v) is 7.49. The van der Waals surface area contributed by atoms with Crippen LogP contribution in [0.25, 0.3) is 11.0 Å². The first-order chi connectivity index (χ1) is 6.79. The monoisotopic (exact) mass is 190 g/mol. The Morgan fingerprint density at radius 3 is 2.93 bits per heavy atom. The van der Waals surface area contributed by atoms with Crippen molar-refractivity contribution >= 4 is 22.8 Å². The number of carbonyl (C=O) groups is 1. The number of carbonyl (C=O) groups excluding carboxylic acids is 1. The molecule has 1 amide bonds. The van der Waals surface area contributed by atoms with Crippen molar-refractivity contribution in [3.8, 4) is 0 Å². The number of hydrogen-bond donors (Lipinski definition) is 2. The minimum Gasteiger partial charge on any atom is -0.440 e. The van der Waals surface area contributed by atoms with Crippen LogP contribution in [-0.2, 0) is 4.79 Å². The normalized spacial score (nSPS) is 10.4. The van der Waals surface area contributed by atoms with E-state index in [-0.39, 0.29) is 12.5 Å². The summed E-state index contributed by atoms with van der Waals surface area (Å²) in [7, 11) is 0. The lowest BCUT2D eigenvalue weighted by molar-refractivity contribution is -0.115. The van der Waals surface area contributed by atoms with Crippen LogP contribution in [0.3, 0.4) is 0 Å². The van der Waals surface area contributed by atoms with E-state index in [9.17, 15) is 4.79 Å². The lowest BCUT2D eigenvalue weighted by atomic mass is 10.3. The summed E-state index contributed by atoms with van der Waals surface area (Å²) >= 11 is 0. The summed E-state index contributed by atoms with van der Waals surface area (Å²) in [6.07, 6.45) is 0. The highest BCUT2D eigenvalue weighted by Crippen LogP contribution is 2.22. The summed E-state index contributed by atoms with van der Waals surface area (Å²) in [5.41, 5.74) is 5.91. The third kappa shape index (κ3) is 1.60. The van der Waals surface area contributed by atoms with E-state index in [1.165, 1.54) is 0 Å². The summed E-state index contributed by atoms with van der Waals surface area (Å²) in [5, 5.41) is 3.51. The van der Waals surface area contributed by atoms with Crippen LogP contribution in [0.5, 0.6) is 0 Å². The fourth-order valence-electron chi connectivity index (χ4n) is 1.23. The molecule has 1 aromatic carbocycles. The van der Waals surface area contributed by atoms with Gasteiger partial charge in [-0.25, -0.2) is 0 Å². The summed E-state index contributed by atoms with van der Waals surface area (Å²) in [5.74, 6) is 0.172. The summed E-state index contributed by atoms with van der Waals surface area (Å²) < 4.78 is 5.35. The molecular weight excluding hydrogens is 180 g/mol. The van der Waals surface area contributed by atoms with Crippen LogP contribution >= 0.6 is 0 Å². The Kier molecular flexibility index (Phi) is 2.20. The summed E-state index contributed by atoms with van der Waals surface area (Å²) in [4.78, 5) is 11.0. The van der Waals surface area contributed by atoms with E-state index in [4.69, 9.17) is 10.2 Å². The Hall–Kier alpha value is -1.81. The van der Waals surface area contributed by atoms with Crippen molar-refractivity contribution in [2.75, 3.05) is 11.9 Å². The van der Waals surface area contributed by atoms with Crippen molar-refractivity contribution in [3.05, 3.63) is 30.3 Å². The maximum atomic E-state index is 11.0. The molecule has 14 heavy (non-hydrogen) atoms. The third-order valence-corrected chi connectivity index (χ3v) is 1.87. The highest BCUT2D eigenvalue weighted by atomic mass is 16.4. The highest BCUT2D eigenvalue weighted by Gasteiger charge is 2.04. The number of fused-ring (bicyclic) bond motifs is 1. The molecule has 2 rings (SSSR count). The molecule has 0 aliphatic heterocycles. The molecule has 0 saturated heterocycles. The van der Waals surface area contributed by atoms with Gasteiger partial charge in [0.15, 0.2) is 0 Å². The number of para-hydroxylation sites is 1. The van der Waals surface area contributed by atoms with Crippen molar-refractivity contribution in [1.29, 1.82) is 0 Å². The van der Waals surface area contributed by atoms with Gasteiger partial charge in [0.2, 0.25) is 11.8 Å². The van der Waals surface area contributed by atoms with Crippen LogP contribution in [0.15, 0.2) is 34.7 Å². The van der Waals surface area contributed by atoms with E-state index in [1.54, 1.807) is 6.07 Å². The van der Waals surface area contributed by atoms with E-state index in [1.807, 2.05) is 24.3 Å². The molecular formula is C10H10N2O2. The van der Waals surface area contributed by atoms with Crippen LogP contribution in [-0.4, -0.2) is 12.5 Å². The second-order valence-corrected chi connectivity index (χ2v) is 2.90. The molecule has 0 aliphatic rings. The van der Waals surface area contributed by atoms with Crippen molar-refractivity contribution < 1.29 is 9.21 Å². The highest BCUT2D eigenvalue weighted by molar-refractivity contribution is 5.93. The Morgan fingerprint density at radius 2 is 2.21 bits per heavy atom. The molecule has 2 aromatic rings. The second-order valence-electron chi connectivity index (χ2n) is 2.90. The van der Waals surface area contributed by atoms with Gasteiger partial charge in [-0.3, -0.25) is 10.1 Å². The van der Waals surface area contributed by atoms with Crippen molar-refractivity contribution in [1.82, 2.24) is 0 Å². The maximum Gasteiger partial charge on any atom is 0.240 e. The SMILES string of the molecule is NCC(=O)Nc1cc2ccccc2o1. The number of hydrogen-bond acceptors (Lipinski definition) is 3. The van der Waals surface area contributed by atoms with Crippen molar-refractivity contribution in [2.24, 2.45) is 5.73 Å². The number of nitrogens with one attached hydrogen (secondary N) is 1. The minimum absolute atomic E-state index is 0.0446. The quantitative estimate of drug-likeness (QED) is 0.750. The van der Waals surface area contributed by atoms with Gasteiger partial charge in [-0.15, -0.1) is 0 Å². The van der Waals surface area contributed by atoms with Crippen LogP contribution in [0.1, 0.15) is 0 Å². The first-order valence-electron chi connectivity index (χ1n) is 4.28. The van der Waals surface area contributed by atoms with Crippen molar-refractivity contribution in [2.45, 2.75) is 0 Å². The number of benzene rings is 1. The van der Waals surface area contributed by atoms with Crippen LogP contribution in [0.4, 0.5) is 5.88 Å². The fraction of sp³-hybridized carbons (Fsp3) is 0.100. The van der Waals surface area contributed by atoms with Crippen LogP contribution in [0.2, 0.25) is 0 Å². The predicted octanol–water partition coefficient (Wildman–Crippen LogP) is 1.33. The number of amides is 1. The molecule has 1 heterocycles. The first kappa shape index (κ1) is 8.77. The molecule has 0 spiro atoms. The largest absolute Gasteiger partial charge is 0.440 e. The minimum atomic E-state index is -0.260. The average molecular weight is 190 g/mol. The lowest BCUT2D eigenvalue weighted by Gasteiger charge is -1.95. The summed E-state index contributed by atoms with van der Waals surface area (Å²) in [6.45, 7) is -0.0446. The van der Waals surface area contributed by atoms with Crippen LogP contribution in [0, 0.1) is 0 Å². The van der Waals surface area contributed by atoms with Gasteiger partial charge >= 0.3 is 0 Å². The molecule has 72 valence electrons. The Bertz CT molecular complexity index is 429. The number of furan rings is 1. The molecule has 1 aromatic heterocycles. The number of rotatable bonds is 2. The van der Waals surface area contributed by atoms with Gasteiger partial charge in [0.25, 0.3) is 0 Å². The first-order valence-corrected chi connectivity index (χ1v) is 4.28. The molecule has 0 fully saturated rings. The van der Waals surface area contributed by atoms with Gasteiger partial charge in [-0.1, -0.05) is 18.2 Å². The zero-order valence-electron chi connectivity index (χ0n) is 7.49. The molecule has 0 aliphatic carbocycles. The zero-order chi connectivity index (χ0) is 9.97. The van der Waals surface area contributed by atoms with Gasteiger partial charge in [-0.2, -0.15) is 0 Å². The summed E-state index contributed by atoms with van der Waals surface area (Å²) in [6, 6.07) is 9.31. The maximum absolute atomic E-state index is 11.0. The van der Waals surface area contributed by atoms with E-state index >= 15 is 0 Å². The number of nitrogens with two attached hydrogens (primary N) is 1. The van der Waals surface area contributed by atoms with Crippen molar-refractivity contribution in [3.63, 3.8) is 0 Å². The second kappa shape index (κ2) is 3.51. The smallest absolute Gasteiger partial charge is 0.240 e. The molecule has 3 N–H and O–H groups in total. The molecule has 0 unspecified atom stereocenters. The van der Waals surface area contributed by atoms with E-state index < -0.39 is 0 Å². The van der Waals surface area contributed by atoms with Gasteiger partial charge in [0.05, 0.1) is 6.54 Å². The average Bonchev–Trinajstić information content (AvgIpc) is 2.59. The van der Waals surface area contributed by atoms with Gasteiger partial charge in [0.1, 0.15) is 5.58 Å². The fourth-order valence-corrected chi connectivity index (χ4v) is 1.23. The van der Waals surface area contributed by atoms with E-state index in [0.29, 0.717) is 5.88 Å². The topological polar surface area (TPSA) is 68.3 Å². The Balaban J connectivity index is 2.31. The van der Waals surface area contributed by atoms with Gasteiger partial charge in [-0.05, 0) is 6.07 Å². The molecule has 0 radical (unpaired) electrons. The van der Waals surface area contributed by atoms with E-state index in [0.717, 1.165) is 11.0 Å². The van der Waals surface area contributed by atoms with E-state index in [2.05, 4.69) is 5.32 Å². The number of anilines is 1. The third-order valence-electron chi connectivity index (χ3n) is 1.87. The lowest BCUT2D eigenvalue weighted by Crippen LogP contribution is -2.21. The van der Waals surface area contributed by atoms with Gasteiger partial charge < -0.3 is 10.2 Å². The van der Waals surface area contributed by atoms with Gasteiger partial charge in [0, 0.05) is 11.5 Å². The Labute approximate surface area is 80.7 Å². The van der Waals surface area contributed by atoms with Crippen LogP contribution < -0.4 is 11.1 Å². The standard InChI is InChI=1S/C10H10N2O2/c11-6-9(13)12-10-5-7-3-1-2-4-8(7)14-10/h1-5H,6,11H2,(H,12,13).